The Balaban J connectivity index is 1.33. The molecule has 7 rings (SSSR count). The van der Waals surface area contributed by atoms with Gasteiger partial charge in [0.25, 0.3) is 0 Å². The molecule has 0 unspecified atom stereocenters. The predicted molar refractivity (Wildman–Crippen MR) is 231 cm³/mol. The van der Waals surface area contributed by atoms with Crippen LogP contribution in [0.25, 0.3) is 0 Å². The van der Waals surface area contributed by atoms with Crippen molar-refractivity contribution in [2.45, 2.75) is 78.3 Å². The summed E-state index contributed by atoms with van der Waals surface area (Å²) in [6.07, 6.45) is 9.99. The summed E-state index contributed by atoms with van der Waals surface area (Å²) in [4.78, 5) is 8.56. The third-order valence-corrected chi connectivity index (χ3v) is 13.6. The first-order chi connectivity index (χ1) is 28.1. The molecule has 1 saturated carbocycles. The Morgan fingerprint density at radius 3 is 2.26 bits per heavy atom. The van der Waals surface area contributed by atoms with Crippen molar-refractivity contribution in [1.82, 2.24) is 0 Å². The van der Waals surface area contributed by atoms with E-state index in [2.05, 4.69) is 85.5 Å². The van der Waals surface area contributed by atoms with E-state index < -0.39 is 5.79 Å². The van der Waals surface area contributed by atoms with Crippen LogP contribution >= 0.6 is 23.5 Å². The molecule has 0 bridgehead atoms. The second-order valence-electron chi connectivity index (χ2n) is 14.9. The molecule has 57 heavy (non-hydrogen) atoms. The van der Waals surface area contributed by atoms with Crippen LogP contribution in [0.1, 0.15) is 62.0 Å². The lowest BCUT2D eigenvalue weighted by atomic mass is 9.56. The third-order valence-electron chi connectivity index (χ3n) is 11.3. The van der Waals surface area contributed by atoms with Gasteiger partial charge in [-0.3, -0.25) is 0 Å². The highest BCUT2D eigenvalue weighted by atomic mass is 32.2. The summed E-state index contributed by atoms with van der Waals surface area (Å²) in [5, 5.41) is 24.6. The van der Waals surface area contributed by atoms with Crippen molar-refractivity contribution in [2.24, 2.45) is 22.9 Å². The first-order valence-electron chi connectivity index (χ1n) is 20.4. The van der Waals surface area contributed by atoms with Crippen molar-refractivity contribution in [2.75, 3.05) is 32.2 Å². The average molecular weight is 806 g/mol. The summed E-state index contributed by atoms with van der Waals surface area (Å²) in [5.41, 5.74) is 4.21. The van der Waals surface area contributed by atoms with Gasteiger partial charge in [0.15, 0.2) is 0 Å². The minimum absolute atomic E-state index is 0.00266. The molecule has 4 aromatic carbocycles. The summed E-state index contributed by atoms with van der Waals surface area (Å²) in [6.45, 7) is 5.66. The first kappa shape index (κ1) is 41.2. The predicted octanol–water partition coefficient (Wildman–Crippen LogP) is 10.5. The number of fused-ring (bicyclic) bond motifs is 2. The van der Waals surface area contributed by atoms with Gasteiger partial charge in [0.1, 0.15) is 18.1 Å². The number of hydrogen-bond donors (Lipinski definition) is 2. The lowest BCUT2D eigenvalue weighted by molar-refractivity contribution is -0.223. The molecule has 0 aromatic heterocycles. The van der Waals surface area contributed by atoms with E-state index in [1.54, 1.807) is 23.5 Å². The number of hydrogen-bond acceptors (Lipinski definition) is 9. The lowest BCUT2D eigenvalue weighted by Crippen LogP contribution is -2.64. The second-order valence-corrected chi connectivity index (χ2v) is 17.4. The highest BCUT2D eigenvalue weighted by Gasteiger charge is 2.64. The molecule has 0 spiro atoms. The number of aliphatic hydroxyl groups excluding tert-OH is 2. The maximum absolute atomic E-state index is 9.94. The standard InChI is InChI=1S/C48H55NO6S2/c1-2-28-53-48-45(57-39-21-10-5-11-22-39)33-43(49-54-34-35-16-6-3-7-17-35)41-31-36(18-12-14-26-50)40(23-13-15-27-51)46(47(41)48)42-32-37(24-25-44(42)55-48)52-29-30-56-38-19-8-4-9-20-38/h2-11,16-17,19-22,24-25,31-32,36,40,45-47,50-51H,1,12-15,18,23,26-30,33-34H2/t36-,40+,45-,46+,47+,48+/m0/s1. The molecule has 0 amide bonds. The van der Waals surface area contributed by atoms with Gasteiger partial charge in [0.2, 0.25) is 5.79 Å². The number of oxime groups is 1. The molecule has 2 aliphatic carbocycles. The molecule has 9 heteroatoms. The van der Waals surface area contributed by atoms with Crippen molar-refractivity contribution in [3.05, 3.63) is 145 Å². The Morgan fingerprint density at radius 2 is 1.54 bits per heavy atom. The fourth-order valence-electron chi connectivity index (χ4n) is 8.77. The number of aliphatic hydroxyl groups is 2. The SMILES string of the molecule is C=CCO[C@@]12Oc3ccc(OCCSc4ccccc4)cc3[C@H]3[C@H](CCCCO)[C@@H](CCCCO)C=C(C(=NOCc4ccccc4)C[C@@H]1Sc1ccccc1)[C@H]32. The molecule has 4 aromatic rings. The minimum Gasteiger partial charge on any atom is -0.493 e. The lowest BCUT2D eigenvalue weighted by Gasteiger charge is -2.58. The third kappa shape index (κ3) is 10.0. The highest BCUT2D eigenvalue weighted by Crippen LogP contribution is 2.63. The van der Waals surface area contributed by atoms with Crippen LogP contribution in [0, 0.1) is 17.8 Å². The molecule has 2 N–H and O–H groups in total. The molecule has 6 atom stereocenters. The zero-order valence-electron chi connectivity index (χ0n) is 32.6. The number of ether oxygens (including phenoxy) is 3. The van der Waals surface area contributed by atoms with E-state index in [4.69, 9.17) is 24.2 Å². The van der Waals surface area contributed by atoms with Crippen LogP contribution in [-0.4, -0.2) is 59.1 Å². The second kappa shape index (κ2) is 20.6. The van der Waals surface area contributed by atoms with Crippen LogP contribution < -0.4 is 9.47 Å². The van der Waals surface area contributed by atoms with Crippen LogP contribution in [0.15, 0.2) is 148 Å². The Kier molecular flexibility index (Phi) is 14.9. The van der Waals surface area contributed by atoms with Crippen LogP contribution in [0.4, 0.5) is 0 Å². The number of benzene rings is 4. The quantitative estimate of drug-likeness (QED) is 0.0373. The van der Waals surface area contributed by atoms with Crippen LogP contribution in [-0.2, 0) is 16.2 Å². The summed E-state index contributed by atoms with van der Waals surface area (Å²) in [6, 6.07) is 37.3. The molecule has 7 nitrogen and oxygen atoms in total. The van der Waals surface area contributed by atoms with Crippen molar-refractivity contribution in [1.29, 1.82) is 0 Å². The molecule has 0 saturated heterocycles. The molecule has 1 aliphatic heterocycles. The van der Waals surface area contributed by atoms with E-state index in [0.717, 1.165) is 83.1 Å². The Morgan fingerprint density at radius 1 is 0.842 bits per heavy atom. The van der Waals surface area contributed by atoms with E-state index in [-0.39, 0.29) is 42.1 Å². The Labute approximate surface area is 346 Å². The topological polar surface area (TPSA) is 89.7 Å². The summed E-state index contributed by atoms with van der Waals surface area (Å²) in [5.74, 6) is 1.62. The van der Waals surface area contributed by atoms with Gasteiger partial charge in [-0.2, -0.15) is 0 Å². The maximum atomic E-state index is 9.94. The number of rotatable bonds is 21. The largest absolute Gasteiger partial charge is 0.493 e. The molecule has 300 valence electrons. The van der Waals surface area contributed by atoms with Gasteiger partial charge in [0.05, 0.1) is 30.1 Å². The van der Waals surface area contributed by atoms with Gasteiger partial charge in [-0.25, -0.2) is 0 Å². The number of unbranched alkanes of at least 4 members (excludes halogenated alkanes) is 2. The fraction of sp³-hybridized carbons (Fsp3) is 0.396. The van der Waals surface area contributed by atoms with Gasteiger partial charge < -0.3 is 29.3 Å². The summed E-state index contributed by atoms with van der Waals surface area (Å²) >= 11 is 3.55. The van der Waals surface area contributed by atoms with Crippen LogP contribution in [0.3, 0.4) is 0 Å². The molecular weight excluding hydrogens is 751 g/mol. The Bertz CT molecular complexity index is 1930. The van der Waals surface area contributed by atoms with E-state index >= 15 is 0 Å². The van der Waals surface area contributed by atoms with Crippen molar-refractivity contribution >= 4 is 29.2 Å². The summed E-state index contributed by atoms with van der Waals surface area (Å²) < 4.78 is 20.9. The van der Waals surface area contributed by atoms with Gasteiger partial charge in [-0.1, -0.05) is 96.9 Å². The summed E-state index contributed by atoms with van der Waals surface area (Å²) in [7, 11) is 0. The molecular formula is C48H55NO6S2. The van der Waals surface area contributed by atoms with E-state index in [1.165, 1.54) is 4.90 Å². The number of nitrogens with zero attached hydrogens (tertiary/aromatic N) is 1. The molecule has 1 heterocycles. The Hall–Kier alpha value is -3.99. The maximum Gasteiger partial charge on any atom is 0.231 e. The molecule has 0 radical (unpaired) electrons. The molecule has 3 aliphatic rings. The van der Waals surface area contributed by atoms with Crippen LogP contribution in [0.5, 0.6) is 11.5 Å². The van der Waals surface area contributed by atoms with Gasteiger partial charge in [0, 0.05) is 46.7 Å². The van der Waals surface area contributed by atoms with E-state index in [1.807, 2.05) is 42.5 Å². The van der Waals surface area contributed by atoms with Crippen LogP contribution in [0.2, 0.25) is 0 Å². The number of allylic oxidation sites excluding steroid dienone is 1. The normalized spacial score (nSPS) is 24.1. The van der Waals surface area contributed by atoms with Crippen molar-refractivity contribution < 1.29 is 29.3 Å². The monoisotopic (exact) mass is 805 g/mol. The zero-order chi connectivity index (χ0) is 39.3. The first-order valence-corrected chi connectivity index (χ1v) is 22.3. The average Bonchev–Trinajstić information content (AvgIpc) is 3.25. The van der Waals surface area contributed by atoms with E-state index in [0.29, 0.717) is 26.2 Å². The fourth-order valence-corrected chi connectivity index (χ4v) is 10.8. The highest BCUT2D eigenvalue weighted by molar-refractivity contribution is 8.00. The van der Waals surface area contributed by atoms with Gasteiger partial charge >= 0.3 is 0 Å². The molecule has 1 fully saturated rings. The zero-order valence-corrected chi connectivity index (χ0v) is 34.3. The van der Waals surface area contributed by atoms with Crippen molar-refractivity contribution in [3.8, 4) is 11.5 Å². The van der Waals surface area contributed by atoms with Crippen molar-refractivity contribution in [3.63, 3.8) is 0 Å². The smallest absolute Gasteiger partial charge is 0.231 e. The number of thioether (sulfide) groups is 2. The van der Waals surface area contributed by atoms with Gasteiger partial charge in [-0.05, 0) is 91.1 Å². The van der Waals surface area contributed by atoms with E-state index in [9.17, 15) is 10.2 Å². The minimum atomic E-state index is -1.04. The van der Waals surface area contributed by atoms with Gasteiger partial charge in [-0.15, -0.1) is 30.1 Å².